The standard InChI is InChI=1S/C58H62N2O19/c1-22-17-37-57(7,58(8,73)54(72)79-37)44-41(22)56(6)42(47(44)68)40-43(49(74-23(2)61)51(56)76-25(4)63)55(5)33(21-36-48(78-36)50(55)75-24(3)62)45(46(40)67)60-38(66)15-16-59-52(69)26-9-12-29(32(18-26)53(70)71)39-30-13-10-27(64)19-34(30)77-35-20-28(65)11-14-31(35)39/h9-14,17-20,22,33,36,40-51,64,67-68,73H,15-16,21H2,1-8H3,(H,59,69)(H,60,66)(H,70,71)/t22-,33-,36+,40+,41+,42-,43-,44+,45+,46-,47-,48+,49+,50+,51+,55+,56-,57+,58-/m1/s1. The lowest BCUT2D eigenvalue weighted by Gasteiger charge is -2.67. The van der Waals surface area contributed by atoms with Gasteiger partial charge in [0.25, 0.3) is 5.91 Å². The fraction of sp³-hybridized carbons (Fsp3) is 0.517. The topological polar surface area (TPSA) is 324 Å². The molecular formula is C58H62N2O19. The number of hydrogen-bond donors (Lipinski definition) is 7. The minimum Gasteiger partial charge on any atom is -0.508 e. The monoisotopic (exact) mass is 1090 g/mol. The molecule has 79 heavy (non-hydrogen) atoms. The van der Waals surface area contributed by atoms with Gasteiger partial charge in [-0.2, -0.15) is 0 Å². The van der Waals surface area contributed by atoms with Gasteiger partial charge < -0.3 is 64.3 Å². The molecule has 21 nitrogen and oxygen atoms in total. The van der Waals surface area contributed by atoms with Gasteiger partial charge in [0.05, 0.1) is 35.3 Å². The Labute approximate surface area is 451 Å². The number of ether oxygens (including phenoxy) is 5. The molecule has 0 spiro atoms. The Morgan fingerprint density at radius 1 is 0.785 bits per heavy atom. The van der Waals surface area contributed by atoms with Crippen LogP contribution in [0.15, 0.2) is 75.6 Å². The minimum atomic E-state index is -2.17. The van der Waals surface area contributed by atoms with Crippen LogP contribution in [-0.2, 0) is 47.7 Å². The molecule has 21 heteroatoms. The van der Waals surface area contributed by atoms with Gasteiger partial charge in [-0.05, 0) is 92.0 Å². The number of carbonyl (C=O) groups is 7. The number of carboxylic acids is 1. The molecule has 6 aliphatic carbocycles. The number of aliphatic hydroxyl groups is 3. The van der Waals surface area contributed by atoms with Crippen molar-refractivity contribution in [1.82, 2.24) is 10.6 Å². The number of phenolic OH excluding ortho intramolecular Hbond substituents is 1. The summed E-state index contributed by atoms with van der Waals surface area (Å²) in [7, 11) is 0. The Kier molecular flexibility index (Phi) is 12.5. The summed E-state index contributed by atoms with van der Waals surface area (Å²) in [6.07, 6.45) is -6.44. The molecule has 2 aromatic rings. The second-order valence-corrected chi connectivity index (χ2v) is 23.5. The third-order valence-corrected chi connectivity index (χ3v) is 19.5. The number of fused-ring (bicyclic) bond motifs is 12. The number of phenols is 1. The molecule has 0 unspecified atom stereocenters. The van der Waals surface area contributed by atoms with E-state index in [1.807, 2.05) is 6.92 Å². The lowest BCUT2D eigenvalue weighted by molar-refractivity contribution is -0.285. The number of amides is 2. The number of aliphatic hydroxyl groups excluding tert-OH is 2. The van der Waals surface area contributed by atoms with E-state index in [2.05, 4.69) is 10.6 Å². The fourth-order valence-electron chi connectivity index (χ4n) is 16.3. The van der Waals surface area contributed by atoms with E-state index in [9.17, 15) is 63.9 Å². The lowest BCUT2D eigenvalue weighted by atomic mass is 9.40. The van der Waals surface area contributed by atoms with E-state index in [-0.39, 0.29) is 64.4 Å². The quantitative estimate of drug-likeness (QED) is 0.0513. The summed E-state index contributed by atoms with van der Waals surface area (Å²) in [5, 5.41) is 65.5. The molecule has 4 saturated carbocycles. The zero-order valence-electron chi connectivity index (χ0n) is 44.5. The Hall–Kier alpha value is -7.20. The third-order valence-electron chi connectivity index (χ3n) is 19.5. The van der Waals surface area contributed by atoms with Crippen LogP contribution in [-0.4, -0.2) is 128 Å². The molecule has 19 atom stereocenters. The molecule has 0 bridgehead atoms. The Balaban J connectivity index is 0.931. The molecule has 418 valence electrons. The van der Waals surface area contributed by atoms with Crippen LogP contribution in [0.5, 0.6) is 5.75 Å². The average molecular weight is 1090 g/mol. The van der Waals surface area contributed by atoms with Crippen LogP contribution in [0.3, 0.4) is 0 Å². The maximum absolute atomic E-state index is 14.5. The maximum atomic E-state index is 14.5. The smallest absolute Gasteiger partial charge is 0.343 e. The summed E-state index contributed by atoms with van der Waals surface area (Å²) in [6, 6.07) is 11.2. The van der Waals surface area contributed by atoms with Gasteiger partial charge in [0, 0.05) is 96.5 Å². The molecule has 7 N–H and O–H groups in total. The average Bonchev–Trinajstić information content (AvgIpc) is 2.10. The SMILES string of the molecule is CC(=O)O[C@H]1[C@H]2[C@@H]([C@@H](O)[C@@H](NC(=O)CCNC(=O)c3ccc(-c4c5ccc(=O)cc-5oc5cc(O)ccc45)c(C(=O)O)c3)[C@H]3C[C@@H]4O[C@@H]4[C@H](OC(C)=O)[C@]23C)[C@@H]2[C@@H](O)[C@@H]3[C@H]([C@H](C)C=C4OC(=O)[C@@](C)(O)[C@@]43C)[C@@]2(C)[C@H]1OC(C)=O. The number of benzene rings is 3. The van der Waals surface area contributed by atoms with Gasteiger partial charge in [-0.3, -0.25) is 28.8 Å². The first-order valence-electron chi connectivity index (χ1n) is 26.5. The number of esters is 4. The largest absolute Gasteiger partial charge is 0.508 e. The van der Waals surface area contributed by atoms with Gasteiger partial charge in [-0.1, -0.05) is 26.8 Å². The van der Waals surface area contributed by atoms with E-state index in [0.717, 1.165) is 0 Å². The Morgan fingerprint density at radius 3 is 2.15 bits per heavy atom. The van der Waals surface area contributed by atoms with E-state index in [0.29, 0.717) is 16.5 Å². The second kappa shape index (κ2) is 18.4. The van der Waals surface area contributed by atoms with Crippen LogP contribution < -0.4 is 16.1 Å². The molecule has 2 saturated heterocycles. The molecule has 0 aromatic heterocycles. The van der Waals surface area contributed by atoms with Crippen molar-refractivity contribution in [2.24, 2.45) is 57.7 Å². The number of carbonyl (C=O) groups excluding carboxylic acids is 6. The molecule has 0 radical (unpaired) electrons. The fourth-order valence-corrected chi connectivity index (χ4v) is 16.3. The van der Waals surface area contributed by atoms with Crippen LogP contribution in [0.1, 0.15) is 88.9 Å². The number of nitrogens with one attached hydrogen (secondary N) is 2. The van der Waals surface area contributed by atoms with Crippen molar-refractivity contribution in [3.63, 3.8) is 0 Å². The van der Waals surface area contributed by atoms with Gasteiger partial charge in [0.15, 0.2) is 11.0 Å². The summed E-state index contributed by atoms with van der Waals surface area (Å²) < 4.78 is 36.7. The Bertz CT molecular complexity index is 3370. The molecule has 2 amide bonds. The van der Waals surface area contributed by atoms with Gasteiger partial charge >= 0.3 is 29.8 Å². The van der Waals surface area contributed by atoms with Gasteiger partial charge in [0.1, 0.15) is 47.3 Å². The maximum Gasteiger partial charge on any atom is 0.343 e. The van der Waals surface area contributed by atoms with Crippen LogP contribution >= 0.6 is 0 Å². The van der Waals surface area contributed by atoms with Crippen molar-refractivity contribution >= 4 is 52.6 Å². The lowest BCUT2D eigenvalue weighted by Crippen LogP contribution is -2.77. The Morgan fingerprint density at radius 2 is 1.47 bits per heavy atom. The van der Waals surface area contributed by atoms with Crippen molar-refractivity contribution in [1.29, 1.82) is 0 Å². The molecule has 3 heterocycles. The predicted molar refractivity (Wildman–Crippen MR) is 273 cm³/mol. The van der Waals surface area contributed by atoms with E-state index in [1.165, 1.54) is 76.2 Å². The van der Waals surface area contributed by atoms with Crippen molar-refractivity contribution < 1.29 is 87.2 Å². The van der Waals surface area contributed by atoms with Gasteiger partial charge in [0.2, 0.25) is 5.91 Å². The van der Waals surface area contributed by atoms with Crippen molar-refractivity contribution in [3.8, 4) is 28.2 Å². The summed E-state index contributed by atoms with van der Waals surface area (Å²) in [5.41, 5.74) is -6.11. The second-order valence-electron chi connectivity index (χ2n) is 23.5. The number of aromatic carboxylic acids is 1. The highest BCUT2D eigenvalue weighted by Crippen LogP contribution is 2.76. The number of hydrogen-bond acceptors (Lipinski definition) is 18. The number of carboxylic acid groups (broad SMARTS) is 1. The normalized spacial score (nSPS) is 38.3. The summed E-state index contributed by atoms with van der Waals surface area (Å²) >= 11 is 0. The molecule has 9 aliphatic rings. The zero-order chi connectivity index (χ0) is 56.9. The summed E-state index contributed by atoms with van der Waals surface area (Å²) in [6.45, 7) is 11.7. The first kappa shape index (κ1) is 53.8. The third kappa shape index (κ3) is 7.84. The highest BCUT2D eigenvalue weighted by atomic mass is 16.6. The predicted octanol–water partition coefficient (Wildman–Crippen LogP) is 3.86. The van der Waals surface area contributed by atoms with Crippen LogP contribution in [0.4, 0.5) is 0 Å². The first-order valence-corrected chi connectivity index (χ1v) is 26.5. The highest BCUT2D eigenvalue weighted by Gasteiger charge is 2.83. The van der Waals surface area contributed by atoms with E-state index < -0.39 is 154 Å². The summed E-state index contributed by atoms with van der Waals surface area (Å²) in [5.74, 6) is -12.1. The molecule has 11 rings (SSSR count). The van der Waals surface area contributed by atoms with Crippen LogP contribution in [0, 0.1) is 57.7 Å². The molecular weight excluding hydrogens is 1030 g/mol. The van der Waals surface area contributed by atoms with Crippen molar-refractivity contribution in [3.05, 3.63) is 87.8 Å². The van der Waals surface area contributed by atoms with E-state index in [1.54, 1.807) is 32.9 Å². The zero-order valence-corrected chi connectivity index (χ0v) is 44.5. The van der Waals surface area contributed by atoms with Crippen LogP contribution in [0.25, 0.3) is 33.4 Å². The minimum absolute atomic E-state index is 0.0662. The first-order chi connectivity index (χ1) is 37.1. The number of rotatable bonds is 10. The van der Waals surface area contributed by atoms with Crippen molar-refractivity contribution in [2.45, 2.75) is 123 Å². The number of aromatic hydroxyl groups is 1. The van der Waals surface area contributed by atoms with Gasteiger partial charge in [-0.25, -0.2) is 9.59 Å². The highest BCUT2D eigenvalue weighted by molar-refractivity contribution is 6.09. The molecule has 6 fully saturated rings. The number of allylic oxidation sites excluding steroid dienone is 1. The van der Waals surface area contributed by atoms with Crippen LogP contribution in [0.2, 0.25) is 0 Å². The molecule has 2 aromatic carbocycles. The van der Waals surface area contributed by atoms with Gasteiger partial charge in [-0.15, -0.1) is 0 Å². The van der Waals surface area contributed by atoms with E-state index in [4.69, 9.17) is 28.1 Å². The summed E-state index contributed by atoms with van der Waals surface area (Å²) in [4.78, 5) is 107. The van der Waals surface area contributed by atoms with Crippen molar-refractivity contribution in [2.75, 3.05) is 6.54 Å². The van der Waals surface area contributed by atoms with E-state index >= 15 is 0 Å². The number of epoxide rings is 1. The molecule has 3 aliphatic heterocycles.